The molecule has 1 aliphatic heterocycles. The minimum atomic E-state index is 0.0226. The zero-order valence-corrected chi connectivity index (χ0v) is 10.1. The van der Waals surface area contributed by atoms with E-state index in [2.05, 4.69) is 16.7 Å². The zero-order valence-electron chi connectivity index (χ0n) is 10.1. The number of nitrogens with one attached hydrogen (secondary N) is 2. The number of carbonyl (C=O) groups is 1. The van der Waals surface area contributed by atoms with Gasteiger partial charge in [0.2, 0.25) is 0 Å². The van der Waals surface area contributed by atoms with E-state index in [4.69, 9.17) is 0 Å². The monoisotopic (exact) mass is 240 g/mol. The maximum absolute atomic E-state index is 12.1. The zero-order chi connectivity index (χ0) is 12.4. The first-order valence-electron chi connectivity index (χ1n) is 6.33. The summed E-state index contributed by atoms with van der Waals surface area (Å²) in [5, 5.41) is 8.57. The van der Waals surface area contributed by atoms with Gasteiger partial charge in [-0.15, -0.1) is 0 Å². The number of rotatable bonds is 2. The largest absolute Gasteiger partial charge is 0.348 e. The molecule has 92 valence electrons. The van der Waals surface area contributed by atoms with Gasteiger partial charge in [-0.05, 0) is 35.9 Å². The maximum atomic E-state index is 12.1. The van der Waals surface area contributed by atoms with Crippen LogP contribution >= 0.6 is 0 Å². The van der Waals surface area contributed by atoms with Crippen LogP contribution in [0.4, 0.5) is 0 Å². The van der Waals surface area contributed by atoms with Crippen molar-refractivity contribution in [2.75, 3.05) is 13.1 Å². The van der Waals surface area contributed by atoms with E-state index in [0.29, 0.717) is 0 Å². The number of benzene rings is 2. The first-order valence-corrected chi connectivity index (χ1v) is 6.33. The predicted octanol–water partition coefficient (Wildman–Crippen LogP) is 1.93. The Bertz CT molecular complexity index is 573. The maximum Gasteiger partial charge on any atom is 0.251 e. The number of fused-ring (bicyclic) bond motifs is 1. The Morgan fingerprint density at radius 3 is 2.78 bits per heavy atom. The molecule has 1 fully saturated rings. The van der Waals surface area contributed by atoms with Gasteiger partial charge in [-0.25, -0.2) is 0 Å². The van der Waals surface area contributed by atoms with Gasteiger partial charge >= 0.3 is 0 Å². The summed E-state index contributed by atoms with van der Waals surface area (Å²) < 4.78 is 0. The van der Waals surface area contributed by atoms with Crippen LogP contribution in [0.3, 0.4) is 0 Å². The number of amides is 1. The predicted molar refractivity (Wildman–Crippen MR) is 72.7 cm³/mol. The third kappa shape index (κ3) is 2.22. The molecule has 0 bridgehead atoms. The van der Waals surface area contributed by atoms with Crippen LogP contribution in [0.5, 0.6) is 0 Å². The molecule has 0 aromatic heterocycles. The van der Waals surface area contributed by atoms with E-state index >= 15 is 0 Å². The van der Waals surface area contributed by atoms with E-state index in [9.17, 15) is 4.79 Å². The molecule has 1 aliphatic rings. The SMILES string of the molecule is O=C(NC1CCNC1)c1ccc2ccccc2c1. The summed E-state index contributed by atoms with van der Waals surface area (Å²) >= 11 is 0. The summed E-state index contributed by atoms with van der Waals surface area (Å²) in [6.07, 6.45) is 1.01. The van der Waals surface area contributed by atoms with Gasteiger partial charge in [-0.3, -0.25) is 4.79 Å². The standard InChI is InChI=1S/C15H16N2O/c18-15(17-14-7-8-16-10-14)13-6-5-11-3-1-2-4-12(11)9-13/h1-6,9,14,16H,7-8,10H2,(H,17,18). The number of carbonyl (C=O) groups excluding carboxylic acids is 1. The minimum Gasteiger partial charge on any atom is -0.348 e. The first kappa shape index (κ1) is 11.2. The molecule has 3 rings (SSSR count). The molecule has 3 nitrogen and oxygen atoms in total. The second-order valence-corrected chi connectivity index (χ2v) is 4.73. The van der Waals surface area contributed by atoms with Gasteiger partial charge in [0.25, 0.3) is 5.91 Å². The Balaban J connectivity index is 1.82. The van der Waals surface area contributed by atoms with E-state index in [1.165, 1.54) is 0 Å². The molecule has 0 spiro atoms. The van der Waals surface area contributed by atoms with Crippen molar-refractivity contribution in [1.82, 2.24) is 10.6 Å². The fraction of sp³-hybridized carbons (Fsp3) is 0.267. The Labute approximate surface area is 106 Å². The average Bonchev–Trinajstić information content (AvgIpc) is 2.91. The molecule has 1 unspecified atom stereocenters. The average molecular weight is 240 g/mol. The lowest BCUT2D eigenvalue weighted by molar-refractivity contribution is 0.0940. The van der Waals surface area contributed by atoms with Crippen LogP contribution in [0.1, 0.15) is 16.8 Å². The van der Waals surface area contributed by atoms with Gasteiger partial charge in [-0.1, -0.05) is 30.3 Å². The molecule has 1 heterocycles. The van der Waals surface area contributed by atoms with E-state index in [0.717, 1.165) is 35.8 Å². The molecule has 0 saturated carbocycles. The molecule has 3 heteroatoms. The number of hydrogen-bond donors (Lipinski definition) is 2. The van der Waals surface area contributed by atoms with Crippen molar-refractivity contribution >= 4 is 16.7 Å². The minimum absolute atomic E-state index is 0.0226. The lowest BCUT2D eigenvalue weighted by atomic mass is 10.1. The highest BCUT2D eigenvalue weighted by molar-refractivity contribution is 5.98. The van der Waals surface area contributed by atoms with Gasteiger partial charge in [0.05, 0.1) is 0 Å². The third-order valence-corrected chi connectivity index (χ3v) is 3.41. The van der Waals surface area contributed by atoms with Crippen molar-refractivity contribution in [3.8, 4) is 0 Å². The molecule has 1 atom stereocenters. The first-order chi connectivity index (χ1) is 8.83. The van der Waals surface area contributed by atoms with Crippen LogP contribution in [0.25, 0.3) is 10.8 Å². The van der Waals surface area contributed by atoms with Crippen molar-refractivity contribution in [2.24, 2.45) is 0 Å². The molecule has 2 aromatic carbocycles. The van der Waals surface area contributed by atoms with E-state index in [1.54, 1.807) is 0 Å². The Kier molecular flexibility index (Phi) is 2.99. The van der Waals surface area contributed by atoms with Crippen molar-refractivity contribution in [1.29, 1.82) is 0 Å². The van der Waals surface area contributed by atoms with Crippen LogP contribution in [0, 0.1) is 0 Å². The molecular weight excluding hydrogens is 224 g/mol. The molecular formula is C15H16N2O. The van der Waals surface area contributed by atoms with Crippen LogP contribution < -0.4 is 10.6 Å². The molecule has 0 radical (unpaired) electrons. The lowest BCUT2D eigenvalue weighted by Gasteiger charge is -2.11. The smallest absolute Gasteiger partial charge is 0.251 e. The number of hydrogen-bond acceptors (Lipinski definition) is 2. The molecule has 18 heavy (non-hydrogen) atoms. The molecule has 1 saturated heterocycles. The van der Waals surface area contributed by atoms with E-state index < -0.39 is 0 Å². The van der Waals surface area contributed by atoms with Crippen LogP contribution in [-0.2, 0) is 0 Å². The molecule has 2 N–H and O–H groups in total. The van der Waals surface area contributed by atoms with Gasteiger partial charge in [-0.2, -0.15) is 0 Å². The van der Waals surface area contributed by atoms with E-state index in [-0.39, 0.29) is 11.9 Å². The van der Waals surface area contributed by atoms with Crippen molar-refractivity contribution in [2.45, 2.75) is 12.5 Å². The molecule has 1 amide bonds. The van der Waals surface area contributed by atoms with Crippen LogP contribution in [0.15, 0.2) is 42.5 Å². The topological polar surface area (TPSA) is 41.1 Å². The van der Waals surface area contributed by atoms with Gasteiger partial charge in [0.15, 0.2) is 0 Å². The Morgan fingerprint density at radius 1 is 1.17 bits per heavy atom. The highest BCUT2D eigenvalue weighted by Crippen LogP contribution is 2.15. The third-order valence-electron chi connectivity index (χ3n) is 3.41. The highest BCUT2D eigenvalue weighted by Gasteiger charge is 2.17. The fourth-order valence-electron chi connectivity index (χ4n) is 2.38. The van der Waals surface area contributed by atoms with Gasteiger partial charge < -0.3 is 10.6 Å². The summed E-state index contributed by atoms with van der Waals surface area (Å²) in [5.74, 6) is 0.0226. The van der Waals surface area contributed by atoms with Gasteiger partial charge in [0.1, 0.15) is 0 Å². The summed E-state index contributed by atoms with van der Waals surface area (Å²) in [6, 6.07) is 14.2. The lowest BCUT2D eigenvalue weighted by Crippen LogP contribution is -2.36. The normalized spacial score (nSPS) is 19.0. The van der Waals surface area contributed by atoms with Crippen LogP contribution in [0.2, 0.25) is 0 Å². The Morgan fingerprint density at radius 2 is 2.00 bits per heavy atom. The second-order valence-electron chi connectivity index (χ2n) is 4.73. The summed E-state index contributed by atoms with van der Waals surface area (Å²) in [4.78, 5) is 12.1. The summed E-state index contributed by atoms with van der Waals surface area (Å²) in [7, 11) is 0. The van der Waals surface area contributed by atoms with Gasteiger partial charge in [0, 0.05) is 18.2 Å². The summed E-state index contributed by atoms with van der Waals surface area (Å²) in [6.45, 7) is 1.86. The fourth-order valence-corrected chi connectivity index (χ4v) is 2.38. The van der Waals surface area contributed by atoms with E-state index in [1.807, 2.05) is 36.4 Å². The Hall–Kier alpha value is -1.87. The van der Waals surface area contributed by atoms with Crippen molar-refractivity contribution in [3.05, 3.63) is 48.0 Å². The van der Waals surface area contributed by atoms with Crippen molar-refractivity contribution in [3.63, 3.8) is 0 Å². The summed E-state index contributed by atoms with van der Waals surface area (Å²) in [5.41, 5.74) is 0.737. The van der Waals surface area contributed by atoms with Crippen molar-refractivity contribution < 1.29 is 4.79 Å². The quantitative estimate of drug-likeness (QED) is 0.842. The highest BCUT2D eigenvalue weighted by atomic mass is 16.1. The second kappa shape index (κ2) is 4.78. The van der Waals surface area contributed by atoms with Crippen LogP contribution in [-0.4, -0.2) is 25.0 Å². The molecule has 0 aliphatic carbocycles. The molecule has 2 aromatic rings.